The van der Waals surface area contributed by atoms with E-state index >= 15 is 0 Å². The third kappa shape index (κ3) is 2.11. The van der Waals surface area contributed by atoms with Crippen LogP contribution in [0.5, 0.6) is 0 Å². The van der Waals surface area contributed by atoms with E-state index in [1.165, 1.54) is 0 Å². The fourth-order valence-corrected chi connectivity index (χ4v) is 1.39. The fraction of sp³-hybridized carbons (Fsp3) is 1.00. The summed E-state index contributed by atoms with van der Waals surface area (Å²) in [5.74, 6) is 0.558. The van der Waals surface area contributed by atoms with Crippen LogP contribution in [0.2, 0.25) is 0 Å². The number of nitrogens with one attached hydrogen (secondary N) is 1. The lowest BCUT2D eigenvalue weighted by Crippen LogP contribution is -2.35. The van der Waals surface area contributed by atoms with Gasteiger partial charge in [0.05, 0.1) is 6.10 Å². The first-order valence-electron chi connectivity index (χ1n) is 3.63. The maximum atomic E-state index is 9.30. The molecule has 0 amide bonds. The van der Waals surface area contributed by atoms with Crippen LogP contribution in [0.25, 0.3) is 0 Å². The highest BCUT2D eigenvalue weighted by molar-refractivity contribution is 5.85. The van der Waals surface area contributed by atoms with Crippen LogP contribution in [0.3, 0.4) is 0 Å². The van der Waals surface area contributed by atoms with E-state index < -0.39 is 0 Å². The SMILES string of the molecule is CC(C)[C@@H]1NCC[C@@H]1O.Cl. The molecule has 1 heterocycles. The van der Waals surface area contributed by atoms with Crippen molar-refractivity contribution in [1.29, 1.82) is 0 Å². The molecule has 1 aliphatic heterocycles. The van der Waals surface area contributed by atoms with Crippen molar-refractivity contribution in [3.63, 3.8) is 0 Å². The first-order valence-corrected chi connectivity index (χ1v) is 3.63. The van der Waals surface area contributed by atoms with Gasteiger partial charge in [-0.1, -0.05) is 13.8 Å². The molecule has 1 fully saturated rings. The number of aliphatic hydroxyl groups is 1. The second-order valence-corrected chi connectivity index (χ2v) is 3.08. The highest BCUT2D eigenvalue weighted by Crippen LogP contribution is 2.13. The van der Waals surface area contributed by atoms with E-state index in [1.807, 2.05) is 0 Å². The van der Waals surface area contributed by atoms with Crippen molar-refractivity contribution in [3.8, 4) is 0 Å². The van der Waals surface area contributed by atoms with Crippen LogP contribution < -0.4 is 5.32 Å². The van der Waals surface area contributed by atoms with Crippen LogP contribution in [-0.2, 0) is 0 Å². The third-order valence-corrected chi connectivity index (χ3v) is 1.95. The second-order valence-electron chi connectivity index (χ2n) is 3.08. The van der Waals surface area contributed by atoms with Crippen molar-refractivity contribution in [2.24, 2.45) is 5.92 Å². The Hall–Kier alpha value is 0.210. The largest absolute Gasteiger partial charge is 0.391 e. The van der Waals surface area contributed by atoms with Gasteiger partial charge >= 0.3 is 0 Å². The molecule has 0 aromatic carbocycles. The molecule has 0 aromatic rings. The Balaban J connectivity index is 0.000000810. The molecule has 1 saturated heterocycles. The van der Waals surface area contributed by atoms with Crippen molar-refractivity contribution in [3.05, 3.63) is 0 Å². The zero-order chi connectivity index (χ0) is 6.85. The highest BCUT2D eigenvalue weighted by Gasteiger charge is 2.26. The Morgan fingerprint density at radius 3 is 2.30 bits per heavy atom. The number of halogens is 1. The lowest BCUT2D eigenvalue weighted by molar-refractivity contribution is 0.139. The molecular formula is C7H16ClNO. The number of hydrogen-bond acceptors (Lipinski definition) is 2. The average Bonchev–Trinajstić information content (AvgIpc) is 2.13. The Morgan fingerprint density at radius 2 is 2.10 bits per heavy atom. The summed E-state index contributed by atoms with van der Waals surface area (Å²) in [5.41, 5.74) is 0. The van der Waals surface area contributed by atoms with Gasteiger partial charge in [0.1, 0.15) is 0 Å². The van der Waals surface area contributed by atoms with E-state index in [4.69, 9.17) is 0 Å². The Morgan fingerprint density at radius 1 is 1.50 bits per heavy atom. The van der Waals surface area contributed by atoms with E-state index in [9.17, 15) is 5.11 Å². The predicted molar refractivity (Wildman–Crippen MR) is 44.5 cm³/mol. The highest BCUT2D eigenvalue weighted by atomic mass is 35.5. The molecule has 0 aromatic heterocycles. The number of rotatable bonds is 1. The molecule has 0 aliphatic carbocycles. The Bertz CT molecular complexity index is 97.6. The van der Waals surface area contributed by atoms with Crippen LogP contribution >= 0.6 is 12.4 Å². The van der Waals surface area contributed by atoms with E-state index in [1.54, 1.807) is 0 Å². The first kappa shape index (κ1) is 10.2. The molecule has 0 radical (unpaired) electrons. The van der Waals surface area contributed by atoms with Gasteiger partial charge in [-0.3, -0.25) is 0 Å². The second kappa shape index (κ2) is 4.16. The van der Waals surface area contributed by atoms with Gasteiger partial charge in [0.15, 0.2) is 0 Å². The Kier molecular flexibility index (Phi) is 4.25. The average molecular weight is 166 g/mol. The van der Waals surface area contributed by atoms with Crippen molar-refractivity contribution < 1.29 is 5.11 Å². The van der Waals surface area contributed by atoms with Gasteiger partial charge < -0.3 is 10.4 Å². The van der Waals surface area contributed by atoms with Crippen LogP contribution in [0, 0.1) is 5.92 Å². The molecule has 10 heavy (non-hydrogen) atoms. The lowest BCUT2D eigenvalue weighted by Gasteiger charge is -2.17. The summed E-state index contributed by atoms with van der Waals surface area (Å²) in [6.07, 6.45) is 0.813. The molecule has 0 spiro atoms. The van der Waals surface area contributed by atoms with E-state index in [2.05, 4.69) is 19.2 Å². The van der Waals surface area contributed by atoms with E-state index in [-0.39, 0.29) is 18.5 Å². The summed E-state index contributed by atoms with van der Waals surface area (Å²) in [5, 5.41) is 12.6. The smallest absolute Gasteiger partial charge is 0.0707 e. The molecule has 2 atom stereocenters. The number of aliphatic hydroxyl groups excluding tert-OH is 1. The molecule has 0 saturated carbocycles. The predicted octanol–water partition coefficient (Wildman–Crippen LogP) is 0.787. The van der Waals surface area contributed by atoms with Crippen LogP contribution in [0.1, 0.15) is 20.3 Å². The minimum absolute atomic E-state index is 0. The van der Waals surface area contributed by atoms with Gasteiger partial charge in [-0.05, 0) is 18.9 Å². The summed E-state index contributed by atoms with van der Waals surface area (Å²) in [6.45, 7) is 5.24. The van der Waals surface area contributed by atoms with Gasteiger partial charge in [0.25, 0.3) is 0 Å². The lowest BCUT2D eigenvalue weighted by atomic mass is 10.0. The van der Waals surface area contributed by atoms with Gasteiger partial charge in [0.2, 0.25) is 0 Å². The molecule has 1 rings (SSSR count). The molecule has 0 bridgehead atoms. The summed E-state index contributed by atoms with van der Waals surface area (Å²) in [6, 6.07) is 0.338. The quantitative estimate of drug-likeness (QED) is 0.602. The van der Waals surface area contributed by atoms with Crippen LogP contribution in [-0.4, -0.2) is 23.8 Å². The zero-order valence-electron chi connectivity index (χ0n) is 6.50. The normalized spacial score (nSPS) is 32.4. The molecule has 2 nitrogen and oxygen atoms in total. The summed E-state index contributed by atoms with van der Waals surface area (Å²) in [7, 11) is 0. The minimum Gasteiger partial charge on any atom is -0.391 e. The molecular weight excluding hydrogens is 150 g/mol. The topological polar surface area (TPSA) is 32.3 Å². The summed E-state index contributed by atoms with van der Waals surface area (Å²) in [4.78, 5) is 0. The minimum atomic E-state index is -0.106. The molecule has 3 heteroatoms. The van der Waals surface area contributed by atoms with Crippen molar-refractivity contribution >= 4 is 12.4 Å². The van der Waals surface area contributed by atoms with Crippen molar-refractivity contribution in [2.45, 2.75) is 32.4 Å². The summed E-state index contributed by atoms with van der Waals surface area (Å²) < 4.78 is 0. The van der Waals surface area contributed by atoms with Crippen molar-refractivity contribution in [1.82, 2.24) is 5.32 Å². The first-order chi connectivity index (χ1) is 4.22. The van der Waals surface area contributed by atoms with Crippen molar-refractivity contribution in [2.75, 3.05) is 6.54 Å². The number of hydrogen-bond donors (Lipinski definition) is 2. The fourth-order valence-electron chi connectivity index (χ4n) is 1.39. The van der Waals surface area contributed by atoms with Crippen LogP contribution in [0.15, 0.2) is 0 Å². The van der Waals surface area contributed by atoms with Crippen LogP contribution in [0.4, 0.5) is 0 Å². The van der Waals surface area contributed by atoms with Gasteiger partial charge in [-0.2, -0.15) is 0 Å². The van der Waals surface area contributed by atoms with E-state index in [0.29, 0.717) is 12.0 Å². The Labute approximate surface area is 68.4 Å². The summed E-state index contributed by atoms with van der Waals surface area (Å²) >= 11 is 0. The molecule has 2 N–H and O–H groups in total. The van der Waals surface area contributed by atoms with E-state index in [0.717, 1.165) is 13.0 Å². The van der Waals surface area contributed by atoms with Gasteiger partial charge in [-0.25, -0.2) is 0 Å². The monoisotopic (exact) mass is 165 g/mol. The molecule has 0 unspecified atom stereocenters. The van der Waals surface area contributed by atoms with Gasteiger partial charge in [0, 0.05) is 6.04 Å². The third-order valence-electron chi connectivity index (χ3n) is 1.95. The molecule has 62 valence electrons. The zero-order valence-corrected chi connectivity index (χ0v) is 7.32. The molecule has 1 aliphatic rings. The van der Waals surface area contributed by atoms with Gasteiger partial charge in [-0.15, -0.1) is 12.4 Å². The maximum Gasteiger partial charge on any atom is 0.0707 e. The standard InChI is InChI=1S/C7H15NO.ClH/c1-5(2)7-6(9)3-4-8-7;/h5-9H,3-4H2,1-2H3;1H/t6-,7-;/m0./s1. The maximum absolute atomic E-state index is 9.30.